The van der Waals surface area contributed by atoms with Crippen molar-refractivity contribution in [3.63, 3.8) is 0 Å². The Morgan fingerprint density at radius 2 is 1.85 bits per heavy atom. The predicted octanol–water partition coefficient (Wildman–Crippen LogP) is 3.23. The zero-order chi connectivity index (χ0) is 10.5. The molecule has 13 heavy (non-hydrogen) atoms. The molecule has 6 heteroatoms. The van der Waals surface area contributed by atoms with Crippen molar-refractivity contribution in [2.45, 2.75) is 24.9 Å². The van der Waals surface area contributed by atoms with Gasteiger partial charge in [0.05, 0.1) is 11.8 Å². The molecule has 1 nitrogen and oxygen atoms in total. The molecule has 0 saturated heterocycles. The molecule has 0 aliphatic rings. The number of rotatable bonds is 5. The molecule has 0 amide bonds. The molecule has 0 spiro atoms. The Morgan fingerprint density at radius 3 is 2.15 bits per heavy atom. The maximum absolute atomic E-state index is 12.0. The van der Waals surface area contributed by atoms with E-state index >= 15 is 0 Å². The number of nitrogens with zero attached hydrogens (tertiary/aromatic N) is 1. The van der Waals surface area contributed by atoms with E-state index in [1.54, 1.807) is 19.0 Å². The van der Waals surface area contributed by atoms with Gasteiger partial charge in [0.2, 0.25) is 0 Å². The molecule has 1 atom stereocenters. The van der Waals surface area contributed by atoms with Gasteiger partial charge in [0.25, 0.3) is 0 Å². The topological polar surface area (TPSA) is 3.24 Å². The molecule has 0 aromatic heterocycles. The van der Waals surface area contributed by atoms with Crippen LogP contribution in [0.2, 0.25) is 0 Å². The molecule has 0 bridgehead atoms. The van der Waals surface area contributed by atoms with Crippen molar-refractivity contribution in [1.82, 2.24) is 4.90 Å². The second-order valence-corrected chi connectivity index (χ2v) is 5.57. The van der Waals surface area contributed by atoms with Crippen LogP contribution in [0.5, 0.6) is 0 Å². The van der Waals surface area contributed by atoms with Gasteiger partial charge in [-0.25, -0.2) is 0 Å². The third-order valence-electron chi connectivity index (χ3n) is 1.28. The molecule has 0 aliphatic carbocycles. The van der Waals surface area contributed by atoms with Crippen LogP contribution in [0.25, 0.3) is 0 Å². The highest BCUT2D eigenvalue weighted by molar-refractivity contribution is 8.76. The average Bonchev–Trinajstić information content (AvgIpc) is 1.95. The van der Waals surface area contributed by atoms with E-state index in [1.807, 2.05) is 6.92 Å². The van der Waals surface area contributed by atoms with Crippen LogP contribution >= 0.6 is 21.6 Å². The first-order valence-corrected chi connectivity index (χ1v) is 6.26. The van der Waals surface area contributed by atoms with Crippen LogP contribution in [0.15, 0.2) is 0 Å². The van der Waals surface area contributed by atoms with Gasteiger partial charge in [0.15, 0.2) is 0 Å². The summed E-state index contributed by atoms with van der Waals surface area (Å²) in [5.74, 6) is 0.826. The van der Waals surface area contributed by atoms with E-state index in [2.05, 4.69) is 0 Å². The molecule has 80 valence electrons. The van der Waals surface area contributed by atoms with E-state index in [9.17, 15) is 13.2 Å². The van der Waals surface area contributed by atoms with Gasteiger partial charge >= 0.3 is 6.18 Å². The van der Waals surface area contributed by atoms with Gasteiger partial charge in [-0.05, 0) is 14.1 Å². The largest absolute Gasteiger partial charge is 0.391 e. The van der Waals surface area contributed by atoms with Crippen molar-refractivity contribution < 1.29 is 13.2 Å². The van der Waals surface area contributed by atoms with Crippen molar-refractivity contribution in [2.24, 2.45) is 0 Å². The lowest BCUT2D eigenvalue weighted by molar-refractivity contribution is -0.139. The van der Waals surface area contributed by atoms with E-state index in [1.165, 1.54) is 21.6 Å². The SMILES string of the molecule is CCSSC(CC(F)(F)F)N(C)C. The summed E-state index contributed by atoms with van der Waals surface area (Å²) in [7, 11) is 6.07. The molecule has 0 N–H and O–H groups in total. The van der Waals surface area contributed by atoms with E-state index < -0.39 is 18.0 Å². The molecule has 0 aromatic carbocycles. The fraction of sp³-hybridized carbons (Fsp3) is 1.00. The van der Waals surface area contributed by atoms with E-state index in [-0.39, 0.29) is 0 Å². The summed E-state index contributed by atoms with van der Waals surface area (Å²) in [5, 5.41) is -0.482. The minimum absolute atomic E-state index is 0.482. The van der Waals surface area contributed by atoms with Gasteiger partial charge in [-0.15, -0.1) is 0 Å². The predicted molar refractivity (Wildman–Crippen MR) is 53.9 cm³/mol. The van der Waals surface area contributed by atoms with Crippen molar-refractivity contribution in [2.75, 3.05) is 19.8 Å². The van der Waals surface area contributed by atoms with Gasteiger partial charge in [0.1, 0.15) is 0 Å². The van der Waals surface area contributed by atoms with Crippen LogP contribution in [0.3, 0.4) is 0 Å². The quantitative estimate of drug-likeness (QED) is 0.530. The fourth-order valence-electron chi connectivity index (χ4n) is 0.647. The summed E-state index contributed by atoms with van der Waals surface area (Å²) in [6, 6.07) is 0. The normalized spacial score (nSPS) is 15.0. The number of halogens is 3. The van der Waals surface area contributed by atoms with Gasteiger partial charge in [-0.3, -0.25) is 4.90 Å². The minimum atomic E-state index is -4.07. The minimum Gasteiger partial charge on any atom is -0.297 e. The van der Waals surface area contributed by atoms with Crippen LogP contribution in [0.4, 0.5) is 13.2 Å². The summed E-state index contributed by atoms with van der Waals surface area (Å²) in [4.78, 5) is 1.60. The lowest BCUT2D eigenvalue weighted by Crippen LogP contribution is -2.29. The van der Waals surface area contributed by atoms with E-state index in [0.717, 1.165) is 5.75 Å². The Labute approximate surface area is 84.8 Å². The lowest BCUT2D eigenvalue weighted by atomic mass is 10.4. The number of hydrogen-bond donors (Lipinski definition) is 0. The fourth-order valence-corrected chi connectivity index (χ4v) is 2.97. The highest BCUT2D eigenvalue weighted by Gasteiger charge is 2.33. The Kier molecular flexibility index (Phi) is 6.24. The van der Waals surface area contributed by atoms with Crippen LogP contribution < -0.4 is 0 Å². The van der Waals surface area contributed by atoms with Crippen molar-refractivity contribution in [3.8, 4) is 0 Å². The first-order chi connectivity index (χ1) is 5.87. The molecular formula is C7H14F3NS2. The van der Waals surface area contributed by atoms with Crippen LogP contribution in [0.1, 0.15) is 13.3 Å². The standard InChI is InChI=1S/C7H14F3NS2/c1-4-12-13-6(11(2)3)5-7(8,9)10/h6H,4-5H2,1-3H3. The van der Waals surface area contributed by atoms with Gasteiger partial charge in [-0.2, -0.15) is 13.2 Å². The van der Waals surface area contributed by atoms with Gasteiger partial charge < -0.3 is 0 Å². The highest BCUT2D eigenvalue weighted by Crippen LogP contribution is 2.35. The van der Waals surface area contributed by atoms with Crippen molar-refractivity contribution in [1.29, 1.82) is 0 Å². The molecule has 0 aliphatic heterocycles. The van der Waals surface area contributed by atoms with Crippen molar-refractivity contribution >= 4 is 21.6 Å². The molecule has 0 saturated carbocycles. The molecule has 1 unspecified atom stereocenters. The van der Waals surface area contributed by atoms with E-state index in [0.29, 0.717) is 0 Å². The Balaban J connectivity index is 3.95. The molecular weight excluding hydrogens is 219 g/mol. The summed E-state index contributed by atoms with van der Waals surface area (Å²) >= 11 is 0. The zero-order valence-electron chi connectivity index (χ0n) is 7.89. The molecule has 0 fully saturated rings. The monoisotopic (exact) mass is 233 g/mol. The molecule has 0 heterocycles. The summed E-state index contributed by atoms with van der Waals surface area (Å²) < 4.78 is 36.1. The summed E-state index contributed by atoms with van der Waals surface area (Å²) in [5.41, 5.74) is 0. The number of hydrogen-bond acceptors (Lipinski definition) is 3. The first-order valence-electron chi connectivity index (χ1n) is 3.88. The Bertz CT molecular complexity index is 138. The van der Waals surface area contributed by atoms with Gasteiger partial charge in [-0.1, -0.05) is 28.5 Å². The maximum Gasteiger partial charge on any atom is 0.391 e. The Hall–Kier alpha value is 0.450. The lowest BCUT2D eigenvalue weighted by Gasteiger charge is -2.23. The molecule has 0 rings (SSSR count). The molecule has 0 aromatic rings. The third-order valence-corrected chi connectivity index (χ3v) is 4.24. The van der Waals surface area contributed by atoms with Crippen LogP contribution in [-0.2, 0) is 0 Å². The summed E-state index contributed by atoms with van der Waals surface area (Å²) in [6.45, 7) is 1.93. The smallest absolute Gasteiger partial charge is 0.297 e. The number of alkyl halides is 3. The van der Waals surface area contributed by atoms with Crippen LogP contribution in [-0.4, -0.2) is 36.3 Å². The van der Waals surface area contributed by atoms with E-state index in [4.69, 9.17) is 0 Å². The third kappa shape index (κ3) is 7.52. The zero-order valence-corrected chi connectivity index (χ0v) is 9.52. The second kappa shape index (κ2) is 6.03. The first kappa shape index (κ1) is 13.4. The Morgan fingerprint density at radius 1 is 1.31 bits per heavy atom. The van der Waals surface area contributed by atoms with Crippen molar-refractivity contribution in [3.05, 3.63) is 0 Å². The average molecular weight is 233 g/mol. The van der Waals surface area contributed by atoms with Crippen LogP contribution in [0, 0.1) is 0 Å². The second-order valence-electron chi connectivity index (χ2n) is 2.74. The highest BCUT2D eigenvalue weighted by atomic mass is 33.1. The van der Waals surface area contributed by atoms with Gasteiger partial charge in [0, 0.05) is 5.75 Å². The maximum atomic E-state index is 12.0. The molecule has 0 radical (unpaired) electrons. The summed E-state index contributed by atoms with van der Waals surface area (Å²) in [6.07, 6.45) is -4.83.